The third-order valence-corrected chi connectivity index (χ3v) is 4.42. The number of ether oxygens (including phenoxy) is 1. The van der Waals surface area contributed by atoms with Gasteiger partial charge in [-0.2, -0.15) is 0 Å². The van der Waals surface area contributed by atoms with Crippen molar-refractivity contribution in [3.63, 3.8) is 0 Å². The molecule has 3 rings (SSSR count). The number of hydrogen-bond donors (Lipinski definition) is 1. The number of nitrogens with one attached hydrogen (secondary N) is 1. The van der Waals surface area contributed by atoms with E-state index in [4.69, 9.17) is 0 Å². The fraction of sp³-hybridized carbons (Fsp3) is 0.385. The van der Waals surface area contributed by atoms with Crippen LogP contribution in [0.15, 0.2) is 28.1 Å². The number of hydrogen-bond acceptors (Lipinski definition) is 4. The molecule has 4 nitrogen and oxygen atoms in total. The number of halogens is 3. The molecule has 0 aliphatic carbocycles. The minimum atomic E-state index is -4.74. The minimum Gasteiger partial charge on any atom is -0.406 e. The van der Waals surface area contributed by atoms with Gasteiger partial charge in [0.05, 0.1) is 5.69 Å². The van der Waals surface area contributed by atoms with Crippen molar-refractivity contribution in [2.75, 3.05) is 0 Å². The van der Waals surface area contributed by atoms with Crippen LogP contribution in [0.1, 0.15) is 13.3 Å². The van der Waals surface area contributed by atoms with Crippen molar-refractivity contribution in [3.05, 3.63) is 18.2 Å². The Hall–Kier alpha value is -1.70. The monoisotopic (exact) mass is 316 g/mol. The average molecular weight is 316 g/mol. The van der Waals surface area contributed by atoms with Crippen LogP contribution >= 0.6 is 11.8 Å². The lowest BCUT2D eigenvalue weighted by Crippen LogP contribution is -2.49. The lowest BCUT2D eigenvalue weighted by molar-refractivity contribution is -0.274. The summed E-state index contributed by atoms with van der Waals surface area (Å²) in [5.74, 6) is -0.470. The number of carbonyl (C=O) groups excluding carboxylic acids is 1. The first kappa shape index (κ1) is 14.2. The van der Waals surface area contributed by atoms with E-state index in [9.17, 15) is 18.0 Å². The second-order valence-corrected chi connectivity index (χ2v) is 6.04. The largest absolute Gasteiger partial charge is 0.573 e. The number of aliphatic imine (C=N–C) groups is 1. The number of fused-ring (bicyclic) bond motifs is 2. The van der Waals surface area contributed by atoms with Crippen LogP contribution in [0.3, 0.4) is 0 Å². The first-order chi connectivity index (χ1) is 9.82. The third kappa shape index (κ3) is 2.99. The van der Waals surface area contributed by atoms with Gasteiger partial charge >= 0.3 is 6.36 Å². The van der Waals surface area contributed by atoms with Gasteiger partial charge in [-0.3, -0.25) is 9.79 Å². The summed E-state index contributed by atoms with van der Waals surface area (Å²) in [7, 11) is 0. The number of amides is 1. The van der Waals surface area contributed by atoms with E-state index in [2.05, 4.69) is 15.0 Å². The number of benzene rings is 1. The van der Waals surface area contributed by atoms with E-state index in [-0.39, 0.29) is 17.7 Å². The zero-order valence-corrected chi connectivity index (χ0v) is 11.7. The molecule has 21 heavy (non-hydrogen) atoms. The van der Waals surface area contributed by atoms with Gasteiger partial charge in [-0.15, -0.1) is 24.9 Å². The fourth-order valence-electron chi connectivity index (χ4n) is 2.33. The van der Waals surface area contributed by atoms with Gasteiger partial charge < -0.3 is 10.1 Å². The maximum Gasteiger partial charge on any atom is 0.573 e. The lowest BCUT2D eigenvalue weighted by Gasteiger charge is -2.31. The van der Waals surface area contributed by atoms with E-state index in [1.165, 1.54) is 30.0 Å². The molecule has 2 aliphatic rings. The summed E-state index contributed by atoms with van der Waals surface area (Å²) in [6.07, 6.45) is -4.09. The highest BCUT2D eigenvalue weighted by atomic mass is 32.2. The first-order valence-electron chi connectivity index (χ1n) is 6.26. The Kier molecular flexibility index (Phi) is 3.35. The molecule has 0 spiro atoms. The second kappa shape index (κ2) is 4.94. The van der Waals surface area contributed by atoms with Gasteiger partial charge in [0.15, 0.2) is 0 Å². The van der Waals surface area contributed by atoms with Gasteiger partial charge in [0.1, 0.15) is 11.0 Å². The van der Waals surface area contributed by atoms with Crippen LogP contribution < -0.4 is 10.1 Å². The zero-order valence-electron chi connectivity index (χ0n) is 10.9. The van der Waals surface area contributed by atoms with E-state index in [1.54, 1.807) is 0 Å². The van der Waals surface area contributed by atoms with Gasteiger partial charge in [-0.05, 0) is 25.1 Å². The molecule has 2 atom stereocenters. The van der Waals surface area contributed by atoms with E-state index in [1.807, 2.05) is 6.92 Å². The number of thioether (sulfide) groups is 1. The molecule has 2 heterocycles. The van der Waals surface area contributed by atoms with Crippen LogP contribution in [-0.2, 0) is 4.79 Å². The lowest BCUT2D eigenvalue weighted by atomic mass is 10.0. The van der Waals surface area contributed by atoms with Crippen LogP contribution in [-0.4, -0.2) is 29.3 Å². The Morgan fingerprint density at radius 1 is 1.43 bits per heavy atom. The normalized spacial score (nSPS) is 24.6. The van der Waals surface area contributed by atoms with Crippen LogP contribution in [0.2, 0.25) is 0 Å². The molecule has 0 aromatic heterocycles. The van der Waals surface area contributed by atoms with Gasteiger partial charge in [-0.1, -0.05) is 0 Å². The Morgan fingerprint density at radius 3 is 2.90 bits per heavy atom. The summed E-state index contributed by atoms with van der Waals surface area (Å²) in [6.45, 7) is 1.89. The number of nitrogens with zero attached hydrogens (tertiary/aromatic N) is 1. The van der Waals surface area contributed by atoms with Gasteiger partial charge in [0.2, 0.25) is 5.91 Å². The number of piperidine rings is 1. The summed E-state index contributed by atoms with van der Waals surface area (Å²) < 4.78 is 40.6. The van der Waals surface area contributed by atoms with E-state index >= 15 is 0 Å². The molecule has 0 radical (unpaired) electrons. The predicted molar refractivity (Wildman–Crippen MR) is 72.1 cm³/mol. The van der Waals surface area contributed by atoms with E-state index in [0.717, 1.165) is 5.71 Å². The molecule has 1 amide bonds. The van der Waals surface area contributed by atoms with Crippen LogP contribution in [0.5, 0.6) is 5.75 Å². The molecule has 112 valence electrons. The summed E-state index contributed by atoms with van der Waals surface area (Å²) >= 11 is 1.20. The van der Waals surface area contributed by atoms with Crippen LogP contribution in [0.4, 0.5) is 18.9 Å². The molecule has 1 N–H and O–H groups in total. The minimum absolute atomic E-state index is 0.0162. The van der Waals surface area contributed by atoms with E-state index < -0.39 is 11.6 Å². The number of carbonyl (C=O) groups is 1. The topological polar surface area (TPSA) is 50.7 Å². The van der Waals surface area contributed by atoms with E-state index in [0.29, 0.717) is 17.0 Å². The Bertz CT molecular complexity index is 630. The molecular weight excluding hydrogens is 305 g/mol. The average Bonchev–Trinajstić information content (AvgIpc) is 2.35. The van der Waals surface area contributed by atoms with Gasteiger partial charge in [-0.25, -0.2) is 0 Å². The SMILES string of the molecule is CC1CC2=Nc3ccc(OC(F)(F)F)cc3SC2C(=O)N1. The molecule has 2 unspecified atom stereocenters. The predicted octanol–water partition coefficient (Wildman–Crippen LogP) is 3.04. The summed E-state index contributed by atoms with van der Waals surface area (Å²) in [5.41, 5.74) is 1.33. The molecule has 1 aromatic rings. The first-order valence-corrected chi connectivity index (χ1v) is 7.14. The Labute approximate surface area is 122 Å². The maximum absolute atomic E-state index is 12.2. The summed E-state index contributed by atoms with van der Waals surface area (Å²) in [5, 5.41) is 2.33. The van der Waals surface area contributed by atoms with Crippen LogP contribution in [0.25, 0.3) is 0 Å². The highest BCUT2D eigenvalue weighted by Crippen LogP contribution is 2.42. The molecule has 2 aliphatic heterocycles. The molecule has 8 heteroatoms. The Balaban J connectivity index is 1.92. The Morgan fingerprint density at radius 2 is 2.19 bits per heavy atom. The highest BCUT2D eigenvalue weighted by Gasteiger charge is 2.36. The van der Waals surface area contributed by atoms with Gasteiger partial charge in [0, 0.05) is 23.1 Å². The van der Waals surface area contributed by atoms with Crippen molar-refractivity contribution in [2.45, 2.75) is 35.9 Å². The van der Waals surface area contributed by atoms with Gasteiger partial charge in [0.25, 0.3) is 0 Å². The van der Waals surface area contributed by atoms with Crippen molar-refractivity contribution < 1.29 is 22.7 Å². The fourth-order valence-corrected chi connectivity index (χ4v) is 3.46. The highest BCUT2D eigenvalue weighted by molar-refractivity contribution is 8.01. The van der Waals surface area contributed by atoms with Crippen molar-refractivity contribution >= 4 is 29.1 Å². The van der Waals surface area contributed by atoms with Crippen molar-refractivity contribution in [1.29, 1.82) is 0 Å². The maximum atomic E-state index is 12.2. The smallest absolute Gasteiger partial charge is 0.406 e. The molecule has 1 aromatic carbocycles. The van der Waals surface area contributed by atoms with Crippen molar-refractivity contribution in [1.82, 2.24) is 5.32 Å². The second-order valence-electron chi connectivity index (χ2n) is 4.89. The molecule has 1 fully saturated rings. The number of rotatable bonds is 1. The van der Waals surface area contributed by atoms with Crippen molar-refractivity contribution in [3.8, 4) is 5.75 Å². The standard InChI is InChI=1S/C13H11F3N2O2S/c1-6-4-9-11(12(19)17-6)21-10-5-7(20-13(14,15)16)2-3-8(10)18-9/h2-3,5-6,11H,4H2,1H3,(H,17,19). The van der Waals surface area contributed by atoms with Crippen molar-refractivity contribution in [2.24, 2.45) is 4.99 Å². The molecule has 0 bridgehead atoms. The van der Waals surface area contributed by atoms with Crippen LogP contribution in [0, 0.1) is 0 Å². The number of alkyl halides is 3. The summed E-state index contributed by atoms with van der Waals surface area (Å²) in [4.78, 5) is 16.9. The quantitative estimate of drug-likeness (QED) is 0.866. The molecule has 1 saturated heterocycles. The zero-order chi connectivity index (χ0) is 15.2. The molecule has 0 saturated carbocycles. The summed E-state index contributed by atoms with van der Waals surface area (Å²) in [6, 6.07) is 3.98. The third-order valence-electron chi connectivity index (χ3n) is 3.12. The molecular formula is C13H11F3N2O2S.